The molecule has 0 saturated heterocycles. The van der Waals surface area contributed by atoms with Gasteiger partial charge in [0.1, 0.15) is 0 Å². The maximum absolute atomic E-state index is 12.0. The molecule has 0 aliphatic carbocycles. The Morgan fingerprint density at radius 3 is 2.76 bits per heavy atom. The van der Waals surface area contributed by atoms with E-state index in [9.17, 15) is 9.59 Å². The Hall–Kier alpha value is -1.56. The topological polar surface area (TPSA) is 81.4 Å². The molecule has 1 aromatic rings. The molecule has 0 aliphatic heterocycles. The van der Waals surface area contributed by atoms with Gasteiger partial charge in [0, 0.05) is 12.2 Å². The number of nitrogens with two attached hydrogens (primary N) is 1. The van der Waals surface area contributed by atoms with Gasteiger partial charge in [0.2, 0.25) is 0 Å². The number of benzene rings is 1. The summed E-state index contributed by atoms with van der Waals surface area (Å²) < 4.78 is 5.63. The second kappa shape index (κ2) is 8.67. The molecule has 3 N–H and O–H groups in total. The van der Waals surface area contributed by atoms with Crippen molar-refractivity contribution in [2.24, 2.45) is 0 Å². The van der Waals surface area contributed by atoms with E-state index in [1.165, 1.54) is 0 Å². The average Bonchev–Trinajstić information content (AvgIpc) is 2.46. The van der Waals surface area contributed by atoms with E-state index < -0.39 is 12.1 Å². The van der Waals surface area contributed by atoms with Gasteiger partial charge in [-0.25, -0.2) is 4.79 Å². The van der Waals surface area contributed by atoms with Crippen LogP contribution in [0.4, 0.5) is 5.69 Å². The minimum atomic E-state index is -0.840. The van der Waals surface area contributed by atoms with E-state index in [1.807, 2.05) is 0 Å². The zero-order valence-electron chi connectivity index (χ0n) is 12.3. The van der Waals surface area contributed by atoms with E-state index in [-0.39, 0.29) is 5.91 Å². The van der Waals surface area contributed by atoms with Crippen LogP contribution in [-0.2, 0) is 9.53 Å². The first-order valence-corrected chi connectivity index (χ1v) is 7.79. The van der Waals surface area contributed by atoms with Gasteiger partial charge in [-0.3, -0.25) is 4.79 Å². The van der Waals surface area contributed by atoms with Gasteiger partial charge in [-0.1, -0.05) is 25.8 Å². The highest BCUT2D eigenvalue weighted by Gasteiger charge is 2.20. The lowest BCUT2D eigenvalue weighted by Gasteiger charge is -2.14. The van der Waals surface area contributed by atoms with Crippen molar-refractivity contribution in [3.8, 4) is 0 Å². The van der Waals surface area contributed by atoms with E-state index in [0.29, 0.717) is 22.3 Å². The fourth-order valence-electron chi connectivity index (χ4n) is 1.72. The Labute approximate surface area is 133 Å². The van der Waals surface area contributed by atoms with Crippen molar-refractivity contribution in [1.82, 2.24) is 5.32 Å². The highest BCUT2D eigenvalue weighted by atomic mass is 79.9. The Bertz CT molecular complexity index is 506. The molecule has 0 saturated carbocycles. The number of ether oxygens (including phenoxy) is 1. The van der Waals surface area contributed by atoms with Crippen LogP contribution in [0.5, 0.6) is 0 Å². The van der Waals surface area contributed by atoms with Gasteiger partial charge in [0.05, 0.1) is 10.0 Å². The van der Waals surface area contributed by atoms with Crippen molar-refractivity contribution in [3.63, 3.8) is 0 Å². The number of amides is 1. The van der Waals surface area contributed by atoms with Crippen LogP contribution in [0.2, 0.25) is 0 Å². The number of nitrogens with one attached hydrogen (secondary N) is 1. The third kappa shape index (κ3) is 5.38. The highest BCUT2D eigenvalue weighted by Crippen LogP contribution is 2.24. The summed E-state index contributed by atoms with van der Waals surface area (Å²) in [6.45, 7) is 4.24. The molecule has 6 heteroatoms. The van der Waals surface area contributed by atoms with Gasteiger partial charge >= 0.3 is 5.97 Å². The Balaban J connectivity index is 2.53. The van der Waals surface area contributed by atoms with Gasteiger partial charge in [0.15, 0.2) is 6.10 Å². The highest BCUT2D eigenvalue weighted by molar-refractivity contribution is 9.10. The minimum Gasteiger partial charge on any atom is -0.449 e. The molecular weight excluding hydrogens is 336 g/mol. The quantitative estimate of drug-likeness (QED) is 0.447. The number of rotatable bonds is 7. The van der Waals surface area contributed by atoms with Crippen LogP contribution in [0.25, 0.3) is 0 Å². The van der Waals surface area contributed by atoms with Crippen molar-refractivity contribution in [3.05, 3.63) is 28.2 Å². The summed E-state index contributed by atoms with van der Waals surface area (Å²) in [7, 11) is 0. The predicted octanol–water partition coefficient (Wildman–Crippen LogP) is 2.88. The summed E-state index contributed by atoms with van der Waals surface area (Å²) in [5, 5.41) is 2.75. The summed E-state index contributed by atoms with van der Waals surface area (Å²) in [5.41, 5.74) is 6.46. The molecule has 1 atom stereocenters. The number of halogens is 1. The molecule has 0 heterocycles. The summed E-state index contributed by atoms with van der Waals surface area (Å²) in [4.78, 5) is 23.8. The van der Waals surface area contributed by atoms with E-state index in [4.69, 9.17) is 10.5 Å². The number of esters is 1. The molecule has 21 heavy (non-hydrogen) atoms. The molecule has 1 unspecified atom stereocenters. The monoisotopic (exact) mass is 356 g/mol. The molecule has 1 amide bonds. The van der Waals surface area contributed by atoms with Gasteiger partial charge in [0.25, 0.3) is 5.91 Å². The summed E-state index contributed by atoms with van der Waals surface area (Å²) >= 11 is 3.24. The number of anilines is 1. The number of nitrogen functional groups attached to an aromatic ring is 1. The maximum Gasteiger partial charge on any atom is 0.340 e. The Morgan fingerprint density at radius 2 is 2.10 bits per heavy atom. The number of hydrogen-bond donors (Lipinski definition) is 2. The SMILES string of the molecule is CCCCCNC(=O)C(C)OC(=O)c1cccc(N)c1Br. The number of hydrogen-bond acceptors (Lipinski definition) is 4. The van der Waals surface area contributed by atoms with Crippen molar-refractivity contribution in [1.29, 1.82) is 0 Å². The minimum absolute atomic E-state index is 0.292. The smallest absolute Gasteiger partial charge is 0.340 e. The van der Waals surface area contributed by atoms with Gasteiger partial charge < -0.3 is 15.8 Å². The molecule has 0 radical (unpaired) electrons. The first-order chi connectivity index (χ1) is 9.97. The zero-order valence-corrected chi connectivity index (χ0v) is 13.9. The number of carbonyl (C=O) groups excluding carboxylic acids is 2. The number of unbranched alkanes of at least 4 members (excludes halogenated alkanes) is 2. The fourth-order valence-corrected chi connectivity index (χ4v) is 2.14. The van der Waals surface area contributed by atoms with Crippen molar-refractivity contribution < 1.29 is 14.3 Å². The molecule has 0 fully saturated rings. The van der Waals surface area contributed by atoms with Gasteiger partial charge in [-0.15, -0.1) is 0 Å². The number of carbonyl (C=O) groups is 2. The summed E-state index contributed by atoms with van der Waals surface area (Å²) in [5.74, 6) is -0.870. The first kappa shape index (κ1) is 17.5. The van der Waals surface area contributed by atoms with Crippen LogP contribution in [0.15, 0.2) is 22.7 Å². The van der Waals surface area contributed by atoms with Gasteiger partial charge in [-0.05, 0) is 41.4 Å². The lowest BCUT2D eigenvalue weighted by molar-refractivity contribution is -0.129. The standard InChI is InChI=1S/C15H21BrN2O3/c1-3-4-5-9-18-14(19)10(2)21-15(20)11-7-6-8-12(17)13(11)16/h6-8,10H,3-5,9,17H2,1-2H3,(H,18,19). The molecule has 0 aromatic heterocycles. The maximum atomic E-state index is 12.0. The largest absolute Gasteiger partial charge is 0.449 e. The predicted molar refractivity (Wildman–Crippen MR) is 86.0 cm³/mol. The third-order valence-corrected chi connectivity index (χ3v) is 3.87. The molecule has 0 spiro atoms. The van der Waals surface area contributed by atoms with E-state index in [2.05, 4.69) is 28.2 Å². The van der Waals surface area contributed by atoms with Crippen LogP contribution >= 0.6 is 15.9 Å². The summed E-state index contributed by atoms with van der Waals surface area (Å²) in [6, 6.07) is 4.92. The van der Waals surface area contributed by atoms with Crippen molar-refractivity contribution in [2.75, 3.05) is 12.3 Å². The van der Waals surface area contributed by atoms with E-state index in [0.717, 1.165) is 19.3 Å². The van der Waals surface area contributed by atoms with E-state index in [1.54, 1.807) is 25.1 Å². The van der Waals surface area contributed by atoms with Crippen LogP contribution in [0.1, 0.15) is 43.5 Å². The third-order valence-electron chi connectivity index (χ3n) is 2.98. The average molecular weight is 357 g/mol. The summed E-state index contributed by atoms with van der Waals surface area (Å²) in [6.07, 6.45) is 2.23. The van der Waals surface area contributed by atoms with Crippen LogP contribution in [0, 0.1) is 0 Å². The second-order valence-corrected chi connectivity index (χ2v) is 5.55. The lowest BCUT2D eigenvalue weighted by Crippen LogP contribution is -2.36. The Kier molecular flexibility index (Phi) is 7.22. The van der Waals surface area contributed by atoms with Crippen molar-refractivity contribution >= 4 is 33.5 Å². The van der Waals surface area contributed by atoms with Crippen LogP contribution in [-0.4, -0.2) is 24.5 Å². The lowest BCUT2D eigenvalue weighted by atomic mass is 10.2. The normalized spacial score (nSPS) is 11.8. The zero-order chi connectivity index (χ0) is 15.8. The molecule has 0 bridgehead atoms. The molecule has 0 aliphatic rings. The van der Waals surface area contributed by atoms with Crippen LogP contribution in [0.3, 0.4) is 0 Å². The van der Waals surface area contributed by atoms with Gasteiger partial charge in [-0.2, -0.15) is 0 Å². The molecule has 1 rings (SSSR count). The van der Waals surface area contributed by atoms with Crippen molar-refractivity contribution in [2.45, 2.75) is 39.2 Å². The second-order valence-electron chi connectivity index (χ2n) is 4.75. The first-order valence-electron chi connectivity index (χ1n) is 7.00. The van der Waals surface area contributed by atoms with Crippen LogP contribution < -0.4 is 11.1 Å². The molecular formula is C15H21BrN2O3. The fraction of sp³-hybridized carbons (Fsp3) is 0.467. The molecule has 1 aromatic carbocycles. The molecule has 5 nitrogen and oxygen atoms in total. The Morgan fingerprint density at radius 1 is 1.38 bits per heavy atom. The van der Waals surface area contributed by atoms with E-state index >= 15 is 0 Å². The molecule has 116 valence electrons.